The molecular weight excluding hydrogens is 279 g/mol. The second kappa shape index (κ2) is 5.23. The number of pyridine rings is 1. The van der Waals surface area contributed by atoms with E-state index in [4.69, 9.17) is 5.11 Å². The Labute approximate surface area is 111 Å². The molecule has 0 saturated heterocycles. The van der Waals surface area contributed by atoms with Crippen molar-refractivity contribution in [1.29, 1.82) is 0 Å². The van der Waals surface area contributed by atoms with Gasteiger partial charge in [0.25, 0.3) is 0 Å². The Hall–Kier alpha value is -1.90. The molecule has 1 saturated carbocycles. The van der Waals surface area contributed by atoms with Gasteiger partial charge in [-0.05, 0) is 24.8 Å². The van der Waals surface area contributed by atoms with Crippen molar-refractivity contribution in [2.75, 3.05) is 11.9 Å². The number of nitrogens with zero attached hydrogens (tertiary/aromatic N) is 2. The van der Waals surface area contributed by atoms with Gasteiger partial charge in [-0.25, -0.2) is 4.98 Å². The number of hydrogen-bond acceptors (Lipinski definition) is 5. The van der Waals surface area contributed by atoms with Crippen LogP contribution in [-0.4, -0.2) is 27.7 Å². The monoisotopic (exact) mass is 291 g/mol. The van der Waals surface area contributed by atoms with Crippen molar-refractivity contribution in [3.8, 4) is 0 Å². The van der Waals surface area contributed by atoms with E-state index in [0.717, 1.165) is 0 Å². The van der Waals surface area contributed by atoms with Gasteiger partial charge in [-0.2, -0.15) is 13.2 Å². The molecule has 0 bridgehead atoms. The lowest BCUT2D eigenvalue weighted by Crippen LogP contribution is -2.33. The van der Waals surface area contributed by atoms with Crippen LogP contribution in [0.15, 0.2) is 12.3 Å². The molecule has 1 aliphatic carbocycles. The highest BCUT2D eigenvalue weighted by Crippen LogP contribution is 2.34. The van der Waals surface area contributed by atoms with Gasteiger partial charge in [-0.1, -0.05) is 0 Å². The van der Waals surface area contributed by atoms with E-state index in [2.05, 4.69) is 10.3 Å². The third-order valence-electron chi connectivity index (χ3n) is 3.16. The predicted molar refractivity (Wildman–Crippen MR) is 63.1 cm³/mol. The largest absolute Gasteiger partial charge is 0.433 e. The summed E-state index contributed by atoms with van der Waals surface area (Å²) in [5.74, 6) is 0.104. The molecular formula is C11H12F3N3O3. The zero-order valence-corrected chi connectivity index (χ0v) is 10.2. The molecule has 1 aliphatic rings. The summed E-state index contributed by atoms with van der Waals surface area (Å²) >= 11 is 0. The fraction of sp³-hybridized carbons (Fsp3) is 0.545. The van der Waals surface area contributed by atoms with Crippen LogP contribution < -0.4 is 5.32 Å². The minimum absolute atomic E-state index is 0.104. The van der Waals surface area contributed by atoms with Crippen LogP contribution in [-0.2, 0) is 6.18 Å². The average Bonchev–Trinajstić information content (AvgIpc) is 2.31. The maximum atomic E-state index is 12.5. The first-order valence-electron chi connectivity index (χ1n) is 5.91. The molecule has 2 rings (SSSR count). The predicted octanol–water partition coefficient (Wildman–Crippen LogP) is 2.19. The van der Waals surface area contributed by atoms with Crippen LogP contribution in [0, 0.1) is 16.0 Å². The van der Waals surface area contributed by atoms with Gasteiger partial charge in [0.05, 0.1) is 11.0 Å². The van der Waals surface area contributed by atoms with E-state index in [9.17, 15) is 23.3 Å². The van der Waals surface area contributed by atoms with Gasteiger partial charge in [0, 0.05) is 6.54 Å². The molecule has 1 aromatic rings. The van der Waals surface area contributed by atoms with E-state index in [-0.39, 0.29) is 24.3 Å². The highest BCUT2D eigenvalue weighted by atomic mass is 19.4. The number of anilines is 1. The zero-order valence-electron chi connectivity index (χ0n) is 10.2. The second-order valence-electron chi connectivity index (χ2n) is 4.71. The van der Waals surface area contributed by atoms with Gasteiger partial charge < -0.3 is 10.4 Å². The molecule has 0 amide bonds. The average molecular weight is 291 g/mol. The normalized spacial score (nSPS) is 22.2. The molecule has 0 radical (unpaired) electrons. The van der Waals surface area contributed by atoms with Gasteiger partial charge in [0.1, 0.15) is 17.6 Å². The van der Waals surface area contributed by atoms with E-state index in [1.807, 2.05) is 0 Å². The summed E-state index contributed by atoms with van der Waals surface area (Å²) in [4.78, 5) is 13.0. The molecule has 0 atom stereocenters. The van der Waals surface area contributed by atoms with Gasteiger partial charge in [-0.15, -0.1) is 0 Å². The van der Waals surface area contributed by atoms with Crippen LogP contribution >= 0.6 is 0 Å². The van der Waals surface area contributed by atoms with Gasteiger partial charge in [-0.3, -0.25) is 10.1 Å². The van der Waals surface area contributed by atoms with Gasteiger partial charge in [0.15, 0.2) is 0 Å². The second-order valence-corrected chi connectivity index (χ2v) is 4.71. The van der Waals surface area contributed by atoms with Crippen LogP contribution in [0.25, 0.3) is 0 Å². The van der Waals surface area contributed by atoms with Gasteiger partial charge in [0.2, 0.25) is 0 Å². The lowest BCUT2D eigenvalue weighted by atomic mass is 9.82. The summed E-state index contributed by atoms with van der Waals surface area (Å²) in [5.41, 5.74) is -1.89. The quantitative estimate of drug-likeness (QED) is 0.655. The van der Waals surface area contributed by atoms with Crippen molar-refractivity contribution in [2.45, 2.75) is 25.1 Å². The summed E-state index contributed by atoms with van der Waals surface area (Å²) in [7, 11) is 0. The van der Waals surface area contributed by atoms with Gasteiger partial charge >= 0.3 is 11.9 Å². The van der Waals surface area contributed by atoms with Crippen molar-refractivity contribution >= 4 is 11.4 Å². The van der Waals surface area contributed by atoms with Crippen molar-refractivity contribution in [2.24, 2.45) is 5.92 Å². The Morgan fingerprint density at radius 1 is 1.50 bits per heavy atom. The van der Waals surface area contributed by atoms with Crippen LogP contribution in [0.1, 0.15) is 18.5 Å². The standard InChI is InChI=1S/C11H12F3N3O3/c12-11(13,14)10-3-8(9(5-16-10)17(19)20)15-4-6-1-7(18)2-6/h3,5-7,18H,1-2,4H2,(H,15,16). The molecule has 0 spiro atoms. The Morgan fingerprint density at radius 3 is 2.65 bits per heavy atom. The smallest absolute Gasteiger partial charge is 0.393 e. The third kappa shape index (κ3) is 3.16. The molecule has 9 heteroatoms. The summed E-state index contributed by atoms with van der Waals surface area (Å²) < 4.78 is 37.6. The fourth-order valence-corrected chi connectivity index (χ4v) is 2.01. The number of alkyl halides is 3. The maximum Gasteiger partial charge on any atom is 0.433 e. The number of halogens is 3. The van der Waals surface area contributed by atoms with Crippen LogP contribution in [0.3, 0.4) is 0 Å². The Morgan fingerprint density at radius 2 is 2.15 bits per heavy atom. The number of hydrogen-bond donors (Lipinski definition) is 2. The lowest BCUT2D eigenvalue weighted by Gasteiger charge is -2.31. The van der Waals surface area contributed by atoms with E-state index >= 15 is 0 Å². The molecule has 110 valence electrons. The van der Waals surface area contributed by atoms with E-state index < -0.39 is 22.5 Å². The van der Waals surface area contributed by atoms with Crippen LogP contribution in [0.5, 0.6) is 0 Å². The first-order chi connectivity index (χ1) is 9.27. The number of aliphatic hydroxyl groups excluding tert-OH is 1. The Balaban J connectivity index is 2.16. The highest BCUT2D eigenvalue weighted by Gasteiger charge is 2.34. The molecule has 1 heterocycles. The molecule has 1 fully saturated rings. The van der Waals surface area contributed by atoms with Crippen molar-refractivity contribution < 1.29 is 23.2 Å². The number of aliphatic hydroxyl groups is 1. The molecule has 6 nitrogen and oxygen atoms in total. The summed E-state index contributed by atoms with van der Waals surface area (Å²) in [6, 6.07) is 0.632. The van der Waals surface area contributed by atoms with E-state index in [1.165, 1.54) is 0 Å². The first-order valence-corrected chi connectivity index (χ1v) is 5.91. The highest BCUT2D eigenvalue weighted by molar-refractivity contribution is 5.61. The Kier molecular flexibility index (Phi) is 3.80. The zero-order chi connectivity index (χ0) is 14.9. The van der Waals surface area contributed by atoms with E-state index in [0.29, 0.717) is 25.1 Å². The maximum absolute atomic E-state index is 12.5. The SMILES string of the molecule is O=[N+]([O-])c1cnc(C(F)(F)F)cc1NCC1CC(O)C1. The number of nitro groups is 1. The minimum atomic E-state index is -4.65. The molecule has 2 N–H and O–H groups in total. The topological polar surface area (TPSA) is 88.3 Å². The van der Waals surface area contributed by atoms with Crippen LogP contribution in [0.2, 0.25) is 0 Å². The van der Waals surface area contributed by atoms with Crippen molar-refractivity contribution in [3.05, 3.63) is 28.1 Å². The van der Waals surface area contributed by atoms with E-state index in [1.54, 1.807) is 0 Å². The number of aromatic nitrogens is 1. The number of nitrogens with one attached hydrogen (secondary N) is 1. The summed E-state index contributed by atoms with van der Waals surface area (Å²) in [6.07, 6.45) is -3.37. The molecule has 0 aliphatic heterocycles. The van der Waals surface area contributed by atoms with Crippen LogP contribution in [0.4, 0.5) is 24.5 Å². The fourth-order valence-electron chi connectivity index (χ4n) is 2.01. The minimum Gasteiger partial charge on any atom is -0.393 e. The number of rotatable bonds is 4. The molecule has 1 aromatic heterocycles. The molecule has 0 aromatic carbocycles. The Bertz CT molecular complexity index is 515. The first kappa shape index (κ1) is 14.5. The summed E-state index contributed by atoms with van der Waals surface area (Å²) in [5, 5.41) is 22.5. The summed E-state index contributed by atoms with van der Waals surface area (Å²) in [6.45, 7) is 0.277. The molecule has 20 heavy (non-hydrogen) atoms. The lowest BCUT2D eigenvalue weighted by molar-refractivity contribution is -0.384. The van der Waals surface area contributed by atoms with Crippen molar-refractivity contribution in [1.82, 2.24) is 4.98 Å². The molecule has 0 unspecified atom stereocenters. The van der Waals surface area contributed by atoms with Crippen molar-refractivity contribution in [3.63, 3.8) is 0 Å². The third-order valence-corrected chi connectivity index (χ3v) is 3.16.